The zero-order valence-corrected chi connectivity index (χ0v) is 25.3. The van der Waals surface area contributed by atoms with Crippen LogP contribution in [0.5, 0.6) is 0 Å². The summed E-state index contributed by atoms with van der Waals surface area (Å²) in [7, 11) is -3.87. The summed E-state index contributed by atoms with van der Waals surface area (Å²) in [4.78, 5) is 34.2. The van der Waals surface area contributed by atoms with Gasteiger partial charge in [0.1, 0.15) is 11.4 Å². The van der Waals surface area contributed by atoms with Crippen molar-refractivity contribution in [2.24, 2.45) is 5.14 Å². The molecule has 1 spiro atoms. The van der Waals surface area contributed by atoms with Crippen LogP contribution >= 0.6 is 0 Å². The molecule has 1 amide bonds. The van der Waals surface area contributed by atoms with Crippen molar-refractivity contribution in [3.05, 3.63) is 60.6 Å². The van der Waals surface area contributed by atoms with Gasteiger partial charge in [-0.05, 0) is 61.1 Å². The largest absolute Gasteiger partial charge is 0.354 e. The van der Waals surface area contributed by atoms with Crippen LogP contribution in [-0.4, -0.2) is 96.0 Å². The minimum Gasteiger partial charge on any atom is -0.354 e. The molecule has 8 heterocycles. The molecule has 7 aliphatic rings. The smallest absolute Gasteiger partial charge is 0.274 e. The van der Waals surface area contributed by atoms with E-state index in [1.165, 1.54) is 5.56 Å². The van der Waals surface area contributed by atoms with Crippen LogP contribution in [-0.2, 0) is 21.5 Å². The molecule has 232 valence electrons. The highest BCUT2D eigenvalue weighted by Crippen LogP contribution is 2.42. The monoisotopic (exact) mass is 618 g/mol. The fourth-order valence-electron chi connectivity index (χ4n) is 6.86. The first kappa shape index (κ1) is 29.0. The molecule has 10 rings (SSSR count). The summed E-state index contributed by atoms with van der Waals surface area (Å²) in [5.74, 6) is 1.31. The number of amides is 1. The lowest BCUT2D eigenvalue weighted by atomic mass is 10.1. The zero-order chi connectivity index (χ0) is 30.3. The van der Waals surface area contributed by atoms with Gasteiger partial charge in [-0.2, -0.15) is 13.1 Å². The van der Waals surface area contributed by atoms with E-state index in [-0.39, 0.29) is 18.0 Å². The van der Waals surface area contributed by atoms with Crippen molar-refractivity contribution in [3.63, 3.8) is 0 Å². The van der Waals surface area contributed by atoms with E-state index in [0.29, 0.717) is 31.9 Å². The molecule has 8 bridgehead atoms. The summed E-state index contributed by atoms with van der Waals surface area (Å²) in [6.07, 6.45) is 8.21. The average Bonchev–Trinajstić information content (AvgIpc) is 3.73. The Morgan fingerprint density at radius 3 is 2.55 bits per heavy atom. The summed E-state index contributed by atoms with van der Waals surface area (Å²) in [5.41, 5.74) is 3.53. The Hall–Kier alpha value is -3.69. The predicted molar refractivity (Wildman–Crippen MR) is 167 cm³/mol. The van der Waals surface area contributed by atoms with Crippen molar-refractivity contribution in [1.29, 1.82) is 0 Å². The molecule has 1 aliphatic carbocycles. The molecule has 0 radical (unpaired) electrons. The van der Waals surface area contributed by atoms with Gasteiger partial charge in [-0.15, -0.1) is 0 Å². The highest BCUT2D eigenvalue weighted by Gasteiger charge is 2.54. The lowest BCUT2D eigenvalue weighted by Gasteiger charge is -2.39. The number of nitrogens with one attached hydrogen (secondary N) is 3. The van der Waals surface area contributed by atoms with Gasteiger partial charge in [-0.1, -0.05) is 12.1 Å². The second-order valence-corrected chi connectivity index (χ2v) is 13.6. The topological polar surface area (TPSA) is 162 Å². The maximum Gasteiger partial charge on any atom is 0.274 e. The quantitative estimate of drug-likeness (QED) is 0.328. The van der Waals surface area contributed by atoms with Crippen molar-refractivity contribution in [2.75, 3.05) is 49.5 Å². The minimum absolute atomic E-state index is 0.0765. The van der Waals surface area contributed by atoms with Gasteiger partial charge in [0.2, 0.25) is 11.9 Å². The molecule has 13 nitrogen and oxygen atoms in total. The highest BCUT2D eigenvalue weighted by molar-refractivity contribution is 7.87. The maximum absolute atomic E-state index is 13.5. The Labute approximate surface area is 257 Å². The van der Waals surface area contributed by atoms with Gasteiger partial charge in [-0.25, -0.2) is 20.1 Å². The van der Waals surface area contributed by atoms with Crippen molar-refractivity contribution < 1.29 is 13.2 Å². The second kappa shape index (κ2) is 11.7. The number of carbonyl (C=O) groups is 1. The standard InChI is InChI=1S/C30H38N10O3S/c31-44(42,43)37-25-16-26-5-9-33-28(41)30(6-7-30)39-12-10-38(11-13-39)19-21-2-1-3-24(14-21)36-27-15-22(4-8-32-27)23-17-34-29(35-18-23)40(26)20-25/h1-4,8,14-15,17-18,25-26,37H,5-7,9-13,16,19-20H2,(H,32,36)(H,33,41)(H2,31,42,43). The summed E-state index contributed by atoms with van der Waals surface area (Å²) < 4.78 is 26.2. The molecule has 5 N–H and O–H groups in total. The van der Waals surface area contributed by atoms with E-state index in [0.717, 1.165) is 68.2 Å². The molecule has 1 aromatic carbocycles. The number of carbonyl (C=O) groups excluding carboxylic acids is 1. The van der Waals surface area contributed by atoms with E-state index in [2.05, 4.69) is 58.3 Å². The van der Waals surface area contributed by atoms with Crippen LogP contribution in [0.2, 0.25) is 0 Å². The first-order valence-electron chi connectivity index (χ1n) is 15.2. The first-order valence-corrected chi connectivity index (χ1v) is 16.8. The van der Waals surface area contributed by atoms with Gasteiger partial charge in [0.15, 0.2) is 0 Å². The fourth-order valence-corrected chi connectivity index (χ4v) is 7.50. The molecular weight excluding hydrogens is 580 g/mol. The lowest BCUT2D eigenvalue weighted by molar-refractivity contribution is -0.129. The number of piperazine rings is 1. The van der Waals surface area contributed by atoms with Gasteiger partial charge >= 0.3 is 0 Å². The minimum atomic E-state index is -3.87. The molecule has 1 saturated carbocycles. The number of pyridine rings is 1. The number of hydrogen-bond acceptors (Lipinski definition) is 10. The molecule has 3 aromatic rings. The van der Waals surface area contributed by atoms with Crippen LogP contribution in [0.25, 0.3) is 11.1 Å². The Bertz CT molecular complexity index is 1620. The Balaban J connectivity index is 1.18. The van der Waals surface area contributed by atoms with Gasteiger partial charge in [-0.3, -0.25) is 14.6 Å². The van der Waals surface area contributed by atoms with E-state index in [9.17, 15) is 13.2 Å². The van der Waals surface area contributed by atoms with Gasteiger partial charge in [0, 0.05) is 87.7 Å². The second-order valence-electron chi connectivity index (χ2n) is 12.3. The number of benzene rings is 1. The van der Waals surface area contributed by atoms with Crippen molar-refractivity contribution in [1.82, 2.24) is 34.8 Å². The third kappa shape index (κ3) is 6.26. The lowest BCUT2D eigenvalue weighted by Crippen LogP contribution is -2.56. The first-order chi connectivity index (χ1) is 21.2. The van der Waals surface area contributed by atoms with Crippen LogP contribution < -0.4 is 25.4 Å². The molecule has 14 heteroatoms. The average molecular weight is 619 g/mol. The van der Waals surface area contributed by atoms with E-state index in [1.54, 1.807) is 18.6 Å². The van der Waals surface area contributed by atoms with Crippen LogP contribution in [0.1, 0.15) is 31.2 Å². The third-order valence-electron chi connectivity index (χ3n) is 9.23. The number of anilines is 3. The Morgan fingerprint density at radius 1 is 1.00 bits per heavy atom. The molecule has 2 atom stereocenters. The van der Waals surface area contributed by atoms with E-state index in [4.69, 9.17) is 5.14 Å². The molecule has 6 aliphatic heterocycles. The van der Waals surface area contributed by atoms with Crippen LogP contribution in [0.4, 0.5) is 17.5 Å². The molecule has 44 heavy (non-hydrogen) atoms. The Morgan fingerprint density at radius 2 is 1.80 bits per heavy atom. The summed E-state index contributed by atoms with van der Waals surface area (Å²) in [5, 5.41) is 11.9. The van der Waals surface area contributed by atoms with E-state index >= 15 is 0 Å². The van der Waals surface area contributed by atoms with E-state index in [1.807, 2.05) is 23.1 Å². The van der Waals surface area contributed by atoms with E-state index < -0.39 is 15.7 Å². The maximum atomic E-state index is 13.5. The summed E-state index contributed by atoms with van der Waals surface area (Å²) >= 11 is 0. The molecule has 3 fully saturated rings. The summed E-state index contributed by atoms with van der Waals surface area (Å²) in [6, 6.07) is 11.8. The number of rotatable bonds is 2. The van der Waals surface area contributed by atoms with Crippen LogP contribution in [0, 0.1) is 0 Å². The molecular formula is C30H38N10O3S. The Kier molecular flexibility index (Phi) is 7.70. The van der Waals surface area contributed by atoms with Crippen molar-refractivity contribution >= 4 is 33.6 Å². The number of aromatic nitrogens is 3. The van der Waals surface area contributed by atoms with Gasteiger partial charge in [0.05, 0.1) is 0 Å². The zero-order valence-electron chi connectivity index (χ0n) is 24.5. The number of nitrogens with two attached hydrogens (primary N) is 1. The fraction of sp³-hybridized carbons (Fsp3) is 0.467. The van der Waals surface area contributed by atoms with Crippen molar-refractivity contribution in [3.8, 4) is 11.1 Å². The van der Waals surface area contributed by atoms with Gasteiger partial charge in [0.25, 0.3) is 10.2 Å². The number of hydrogen-bond donors (Lipinski definition) is 4. The molecule has 2 saturated heterocycles. The molecule has 2 unspecified atom stereocenters. The van der Waals surface area contributed by atoms with Crippen LogP contribution in [0.15, 0.2) is 55.0 Å². The van der Waals surface area contributed by atoms with Crippen molar-refractivity contribution in [2.45, 2.75) is 49.9 Å². The van der Waals surface area contributed by atoms with Crippen LogP contribution in [0.3, 0.4) is 0 Å². The van der Waals surface area contributed by atoms with Gasteiger partial charge < -0.3 is 15.5 Å². The predicted octanol–water partition coefficient (Wildman–Crippen LogP) is 1.19. The summed E-state index contributed by atoms with van der Waals surface area (Å²) in [6.45, 7) is 5.22. The highest BCUT2D eigenvalue weighted by atomic mass is 32.2. The molecule has 2 aromatic heterocycles. The SMILES string of the molecule is NS(=O)(=O)NC1CC2CCNC(=O)C3(CC3)N3CCN(CC3)Cc3cccc(c3)Nc3cc(ccn3)-c3cnc(nc3)N2C1. The third-order valence-corrected chi connectivity index (χ3v) is 9.89. The normalized spacial score (nSPS) is 26.6. The number of nitrogens with zero attached hydrogens (tertiary/aromatic N) is 6.